The van der Waals surface area contributed by atoms with Crippen molar-refractivity contribution in [3.05, 3.63) is 48.0 Å². The molecule has 3 N–H and O–H groups in total. The van der Waals surface area contributed by atoms with Crippen LogP contribution in [0.4, 0.5) is 0 Å². The van der Waals surface area contributed by atoms with E-state index in [1.165, 1.54) is 0 Å². The highest BCUT2D eigenvalue weighted by Gasteiger charge is 2.14. The Morgan fingerprint density at radius 1 is 1.38 bits per heavy atom. The molecule has 0 amide bonds. The fraction of sp³-hybridized carbons (Fsp3) is 0.273. The standard InChI is InChI=1S/C11H15N5/c1-16-11(5-7-14-16)10(15-12)8-9-4-2-3-6-13-9/h2-7,10,15H,8,12H2,1H3. The summed E-state index contributed by atoms with van der Waals surface area (Å²) < 4.78 is 1.81. The lowest BCUT2D eigenvalue weighted by atomic mass is 10.1. The highest BCUT2D eigenvalue weighted by atomic mass is 15.3. The number of hydrogen-bond acceptors (Lipinski definition) is 4. The van der Waals surface area contributed by atoms with Crippen molar-refractivity contribution in [2.75, 3.05) is 0 Å². The predicted molar refractivity (Wildman–Crippen MR) is 61.2 cm³/mol. The maximum absolute atomic E-state index is 5.56. The van der Waals surface area contributed by atoms with Gasteiger partial charge >= 0.3 is 0 Å². The van der Waals surface area contributed by atoms with Gasteiger partial charge in [0, 0.05) is 31.6 Å². The van der Waals surface area contributed by atoms with E-state index < -0.39 is 0 Å². The Bertz CT molecular complexity index is 437. The molecule has 2 rings (SSSR count). The first-order valence-electron chi connectivity index (χ1n) is 5.15. The number of pyridine rings is 1. The molecule has 0 aromatic carbocycles. The van der Waals surface area contributed by atoms with Gasteiger partial charge in [-0.1, -0.05) is 6.07 Å². The molecular weight excluding hydrogens is 202 g/mol. The third kappa shape index (κ3) is 2.26. The fourth-order valence-electron chi connectivity index (χ4n) is 1.70. The number of nitrogens with zero attached hydrogens (tertiary/aromatic N) is 3. The number of nitrogens with one attached hydrogen (secondary N) is 1. The van der Waals surface area contributed by atoms with E-state index >= 15 is 0 Å². The maximum Gasteiger partial charge on any atom is 0.0684 e. The second-order valence-corrected chi connectivity index (χ2v) is 3.62. The third-order valence-corrected chi connectivity index (χ3v) is 2.56. The smallest absolute Gasteiger partial charge is 0.0684 e. The van der Waals surface area contributed by atoms with Gasteiger partial charge in [-0.3, -0.25) is 20.9 Å². The lowest BCUT2D eigenvalue weighted by Crippen LogP contribution is -2.31. The van der Waals surface area contributed by atoms with Gasteiger partial charge < -0.3 is 0 Å². The summed E-state index contributed by atoms with van der Waals surface area (Å²) in [5, 5.41) is 4.13. The van der Waals surface area contributed by atoms with Crippen LogP contribution < -0.4 is 11.3 Å². The summed E-state index contributed by atoms with van der Waals surface area (Å²) >= 11 is 0. The molecule has 0 fully saturated rings. The Labute approximate surface area is 94.3 Å². The highest BCUT2D eigenvalue weighted by Crippen LogP contribution is 2.15. The summed E-state index contributed by atoms with van der Waals surface area (Å²) in [6.45, 7) is 0. The molecule has 2 aromatic rings. The van der Waals surface area contributed by atoms with E-state index in [-0.39, 0.29) is 6.04 Å². The van der Waals surface area contributed by atoms with Crippen LogP contribution in [0.15, 0.2) is 36.7 Å². The van der Waals surface area contributed by atoms with E-state index in [9.17, 15) is 0 Å². The van der Waals surface area contributed by atoms with Gasteiger partial charge in [0.2, 0.25) is 0 Å². The summed E-state index contributed by atoms with van der Waals surface area (Å²) in [7, 11) is 1.90. The zero-order valence-corrected chi connectivity index (χ0v) is 9.17. The largest absolute Gasteiger partial charge is 0.271 e. The van der Waals surface area contributed by atoms with Crippen molar-refractivity contribution >= 4 is 0 Å². The van der Waals surface area contributed by atoms with Gasteiger partial charge in [0.05, 0.1) is 11.7 Å². The highest BCUT2D eigenvalue weighted by molar-refractivity contribution is 5.12. The molecule has 2 aromatic heterocycles. The number of rotatable bonds is 4. The first-order chi connectivity index (χ1) is 7.81. The van der Waals surface area contributed by atoms with E-state index in [0.717, 1.165) is 17.8 Å². The Kier molecular flexibility index (Phi) is 3.28. The van der Waals surface area contributed by atoms with Crippen molar-refractivity contribution in [3.63, 3.8) is 0 Å². The van der Waals surface area contributed by atoms with Crippen LogP contribution in [0.25, 0.3) is 0 Å². The van der Waals surface area contributed by atoms with Gasteiger partial charge in [-0.05, 0) is 18.2 Å². The van der Waals surface area contributed by atoms with Gasteiger partial charge in [0.25, 0.3) is 0 Å². The molecule has 16 heavy (non-hydrogen) atoms. The first kappa shape index (κ1) is 10.8. The number of hydrazine groups is 1. The minimum absolute atomic E-state index is 0.0300. The van der Waals surface area contributed by atoms with Crippen molar-refractivity contribution in [2.24, 2.45) is 12.9 Å². The predicted octanol–water partition coefficient (Wildman–Crippen LogP) is 0.562. The number of nitrogens with two attached hydrogens (primary N) is 1. The Morgan fingerprint density at radius 2 is 2.25 bits per heavy atom. The summed E-state index contributed by atoms with van der Waals surface area (Å²) in [5.74, 6) is 5.56. The second kappa shape index (κ2) is 4.87. The van der Waals surface area contributed by atoms with Crippen LogP contribution in [-0.4, -0.2) is 14.8 Å². The fourth-order valence-corrected chi connectivity index (χ4v) is 1.70. The monoisotopic (exact) mass is 217 g/mol. The molecular formula is C11H15N5. The molecule has 0 saturated heterocycles. The van der Waals surface area contributed by atoms with Crippen molar-refractivity contribution in [1.29, 1.82) is 0 Å². The summed E-state index contributed by atoms with van der Waals surface area (Å²) in [4.78, 5) is 4.28. The average Bonchev–Trinajstić information content (AvgIpc) is 2.74. The topological polar surface area (TPSA) is 68.8 Å². The normalized spacial score (nSPS) is 12.6. The number of aryl methyl sites for hydroxylation is 1. The van der Waals surface area contributed by atoms with Gasteiger partial charge in [0.15, 0.2) is 0 Å². The Morgan fingerprint density at radius 3 is 2.81 bits per heavy atom. The molecule has 0 spiro atoms. The van der Waals surface area contributed by atoms with Crippen LogP contribution in [0.1, 0.15) is 17.4 Å². The first-order valence-corrected chi connectivity index (χ1v) is 5.15. The van der Waals surface area contributed by atoms with Crippen LogP contribution in [-0.2, 0) is 13.5 Å². The SMILES string of the molecule is Cn1nccc1C(Cc1ccccn1)NN. The molecule has 1 atom stereocenters. The minimum Gasteiger partial charge on any atom is -0.271 e. The lowest BCUT2D eigenvalue weighted by molar-refractivity contribution is 0.504. The quantitative estimate of drug-likeness (QED) is 0.580. The van der Waals surface area contributed by atoms with Gasteiger partial charge in [-0.25, -0.2) is 0 Å². The molecule has 1 unspecified atom stereocenters. The lowest BCUT2D eigenvalue weighted by Gasteiger charge is -2.15. The van der Waals surface area contributed by atoms with E-state index in [4.69, 9.17) is 5.84 Å². The van der Waals surface area contributed by atoms with Crippen molar-refractivity contribution in [2.45, 2.75) is 12.5 Å². The number of hydrogen-bond donors (Lipinski definition) is 2. The van der Waals surface area contributed by atoms with Crippen molar-refractivity contribution in [1.82, 2.24) is 20.2 Å². The Hall–Kier alpha value is -1.72. The summed E-state index contributed by atoms with van der Waals surface area (Å²) in [6.07, 6.45) is 4.29. The summed E-state index contributed by atoms with van der Waals surface area (Å²) in [6, 6.07) is 7.84. The summed E-state index contributed by atoms with van der Waals surface area (Å²) in [5.41, 5.74) is 4.85. The van der Waals surface area contributed by atoms with E-state index in [1.807, 2.05) is 36.0 Å². The molecule has 5 heteroatoms. The van der Waals surface area contributed by atoms with E-state index in [2.05, 4.69) is 15.5 Å². The Balaban J connectivity index is 2.16. The zero-order chi connectivity index (χ0) is 11.4. The molecule has 0 radical (unpaired) electrons. The molecule has 0 aliphatic carbocycles. The molecule has 5 nitrogen and oxygen atoms in total. The van der Waals surface area contributed by atoms with Crippen molar-refractivity contribution in [3.8, 4) is 0 Å². The van der Waals surface area contributed by atoms with Gasteiger partial charge in [0.1, 0.15) is 0 Å². The van der Waals surface area contributed by atoms with Crippen LogP contribution in [0, 0.1) is 0 Å². The van der Waals surface area contributed by atoms with Crippen LogP contribution >= 0.6 is 0 Å². The maximum atomic E-state index is 5.56. The average molecular weight is 217 g/mol. The van der Waals surface area contributed by atoms with Crippen LogP contribution in [0.2, 0.25) is 0 Å². The third-order valence-electron chi connectivity index (χ3n) is 2.56. The number of aromatic nitrogens is 3. The van der Waals surface area contributed by atoms with E-state index in [1.54, 1.807) is 12.4 Å². The van der Waals surface area contributed by atoms with Gasteiger partial charge in [-0.2, -0.15) is 5.10 Å². The van der Waals surface area contributed by atoms with Crippen LogP contribution in [0.5, 0.6) is 0 Å². The molecule has 0 aliphatic rings. The van der Waals surface area contributed by atoms with Crippen LogP contribution in [0.3, 0.4) is 0 Å². The second-order valence-electron chi connectivity index (χ2n) is 3.62. The molecule has 0 aliphatic heterocycles. The van der Waals surface area contributed by atoms with Gasteiger partial charge in [-0.15, -0.1) is 0 Å². The van der Waals surface area contributed by atoms with Crippen molar-refractivity contribution < 1.29 is 0 Å². The zero-order valence-electron chi connectivity index (χ0n) is 9.17. The van der Waals surface area contributed by atoms with E-state index in [0.29, 0.717) is 0 Å². The molecule has 0 bridgehead atoms. The minimum atomic E-state index is 0.0300. The molecule has 84 valence electrons. The molecule has 2 heterocycles. The molecule has 0 saturated carbocycles.